The van der Waals surface area contributed by atoms with Gasteiger partial charge in [0.15, 0.2) is 0 Å². The molecule has 0 bridgehead atoms. The van der Waals surface area contributed by atoms with E-state index in [4.69, 9.17) is 10.6 Å². The van der Waals surface area contributed by atoms with Crippen LogP contribution in [0, 0.1) is 17.7 Å². The standard InChI is InChI=1S/C13H20FN3O/c1-7-8(2)18-9(3)12(7)13(17-15)10-4-5-16-6-11(10)14/h4-9,12-13,17H,15H2,1-3H3. The Hall–Kier alpha value is -1.04. The summed E-state index contributed by atoms with van der Waals surface area (Å²) in [5, 5.41) is 0. The van der Waals surface area contributed by atoms with Crippen molar-refractivity contribution < 1.29 is 9.13 Å². The molecule has 2 heterocycles. The van der Waals surface area contributed by atoms with E-state index in [9.17, 15) is 4.39 Å². The molecule has 1 aromatic rings. The predicted molar refractivity (Wildman–Crippen MR) is 66.9 cm³/mol. The number of ether oxygens (including phenoxy) is 1. The maximum absolute atomic E-state index is 13.8. The maximum atomic E-state index is 13.8. The Bertz CT molecular complexity index is 415. The van der Waals surface area contributed by atoms with Crippen LogP contribution in [-0.4, -0.2) is 17.2 Å². The van der Waals surface area contributed by atoms with Crippen LogP contribution in [0.25, 0.3) is 0 Å². The highest BCUT2D eigenvalue weighted by atomic mass is 19.1. The van der Waals surface area contributed by atoms with Crippen LogP contribution in [0.1, 0.15) is 32.4 Å². The third kappa shape index (κ3) is 2.25. The summed E-state index contributed by atoms with van der Waals surface area (Å²) in [6.45, 7) is 6.16. The average molecular weight is 253 g/mol. The number of hydrogen-bond acceptors (Lipinski definition) is 4. The van der Waals surface area contributed by atoms with Crippen molar-refractivity contribution in [2.45, 2.75) is 39.0 Å². The predicted octanol–water partition coefficient (Wildman–Crippen LogP) is 1.78. The van der Waals surface area contributed by atoms with Crippen LogP contribution in [0.3, 0.4) is 0 Å². The van der Waals surface area contributed by atoms with Crippen molar-refractivity contribution in [3.05, 3.63) is 29.8 Å². The minimum Gasteiger partial charge on any atom is -0.375 e. The van der Waals surface area contributed by atoms with E-state index in [2.05, 4.69) is 17.3 Å². The SMILES string of the molecule is CC1OC(C)C(C(NN)c2ccncc2F)C1C. The molecule has 0 radical (unpaired) electrons. The molecule has 3 N–H and O–H groups in total. The first-order valence-corrected chi connectivity index (χ1v) is 6.27. The van der Waals surface area contributed by atoms with Crippen LogP contribution in [0.4, 0.5) is 4.39 Å². The maximum Gasteiger partial charge on any atom is 0.146 e. The Balaban J connectivity index is 2.32. The van der Waals surface area contributed by atoms with Crippen LogP contribution in [0.2, 0.25) is 0 Å². The van der Waals surface area contributed by atoms with E-state index < -0.39 is 0 Å². The summed E-state index contributed by atoms with van der Waals surface area (Å²) in [5.41, 5.74) is 3.28. The van der Waals surface area contributed by atoms with E-state index in [-0.39, 0.29) is 30.0 Å². The molecule has 0 amide bonds. The molecule has 0 spiro atoms. The van der Waals surface area contributed by atoms with Gasteiger partial charge in [-0.25, -0.2) is 4.39 Å². The Kier molecular flexibility index (Phi) is 3.94. The lowest BCUT2D eigenvalue weighted by molar-refractivity contribution is 0.0473. The number of pyridine rings is 1. The Morgan fingerprint density at radius 3 is 2.61 bits per heavy atom. The van der Waals surface area contributed by atoms with E-state index in [0.29, 0.717) is 11.5 Å². The largest absolute Gasteiger partial charge is 0.375 e. The van der Waals surface area contributed by atoms with Gasteiger partial charge in [0.25, 0.3) is 0 Å². The van der Waals surface area contributed by atoms with Crippen molar-refractivity contribution in [1.29, 1.82) is 0 Å². The highest BCUT2D eigenvalue weighted by Crippen LogP contribution is 2.40. The molecular weight excluding hydrogens is 233 g/mol. The second-order valence-electron chi connectivity index (χ2n) is 5.02. The van der Waals surface area contributed by atoms with E-state index in [1.165, 1.54) is 6.20 Å². The van der Waals surface area contributed by atoms with E-state index in [1.807, 2.05) is 13.8 Å². The van der Waals surface area contributed by atoms with Gasteiger partial charge in [-0.05, 0) is 25.8 Å². The number of hydrogen-bond donors (Lipinski definition) is 2. The zero-order chi connectivity index (χ0) is 13.3. The summed E-state index contributed by atoms with van der Waals surface area (Å²) in [6, 6.07) is 1.41. The molecule has 5 unspecified atom stereocenters. The molecule has 2 rings (SSSR count). The molecule has 5 atom stereocenters. The smallest absolute Gasteiger partial charge is 0.146 e. The molecule has 0 aromatic carbocycles. The molecule has 0 saturated carbocycles. The Morgan fingerprint density at radius 1 is 1.39 bits per heavy atom. The summed E-state index contributed by atoms with van der Waals surface area (Å²) < 4.78 is 19.6. The lowest BCUT2D eigenvalue weighted by Crippen LogP contribution is -2.39. The minimum atomic E-state index is -0.334. The number of hydrazine groups is 1. The fourth-order valence-corrected chi connectivity index (χ4v) is 2.91. The number of nitrogens with zero attached hydrogens (tertiary/aromatic N) is 1. The second-order valence-corrected chi connectivity index (χ2v) is 5.02. The zero-order valence-electron chi connectivity index (χ0n) is 10.9. The third-order valence-corrected chi connectivity index (χ3v) is 4.02. The van der Waals surface area contributed by atoms with Gasteiger partial charge in [0, 0.05) is 17.7 Å². The summed E-state index contributed by atoms with van der Waals surface area (Å²) in [4.78, 5) is 3.77. The van der Waals surface area contributed by atoms with Gasteiger partial charge in [-0.3, -0.25) is 16.3 Å². The molecule has 1 aromatic heterocycles. The number of rotatable bonds is 3. The van der Waals surface area contributed by atoms with Gasteiger partial charge < -0.3 is 4.74 Å². The fourth-order valence-electron chi connectivity index (χ4n) is 2.91. The first kappa shape index (κ1) is 13.4. The van der Waals surface area contributed by atoms with Crippen molar-refractivity contribution in [2.75, 3.05) is 0 Å². The quantitative estimate of drug-likeness (QED) is 0.637. The normalized spacial score (nSPS) is 33.6. The molecule has 5 heteroatoms. The summed E-state index contributed by atoms with van der Waals surface area (Å²) in [6.07, 6.45) is 3.00. The zero-order valence-corrected chi connectivity index (χ0v) is 10.9. The lowest BCUT2D eigenvalue weighted by Gasteiger charge is -2.28. The second kappa shape index (κ2) is 5.30. The molecule has 1 fully saturated rings. The molecule has 0 aliphatic carbocycles. The topological polar surface area (TPSA) is 60.2 Å². The number of halogens is 1. The lowest BCUT2D eigenvalue weighted by atomic mass is 9.81. The van der Waals surface area contributed by atoms with Gasteiger partial charge in [-0.15, -0.1) is 0 Å². The van der Waals surface area contributed by atoms with Crippen molar-refractivity contribution in [2.24, 2.45) is 17.7 Å². The van der Waals surface area contributed by atoms with Gasteiger partial charge >= 0.3 is 0 Å². The van der Waals surface area contributed by atoms with Gasteiger partial charge in [-0.2, -0.15) is 0 Å². The van der Waals surface area contributed by atoms with Gasteiger partial charge in [0.1, 0.15) is 5.82 Å². The van der Waals surface area contributed by atoms with E-state index in [1.54, 1.807) is 12.3 Å². The van der Waals surface area contributed by atoms with Gasteiger partial charge in [0.05, 0.1) is 24.4 Å². The molecule has 1 aliphatic rings. The summed E-state index contributed by atoms with van der Waals surface area (Å²) >= 11 is 0. The van der Waals surface area contributed by atoms with E-state index >= 15 is 0 Å². The van der Waals surface area contributed by atoms with Crippen LogP contribution >= 0.6 is 0 Å². The first-order chi connectivity index (χ1) is 8.56. The Morgan fingerprint density at radius 2 is 2.11 bits per heavy atom. The minimum absolute atomic E-state index is 0.0450. The molecule has 4 nitrogen and oxygen atoms in total. The van der Waals surface area contributed by atoms with Crippen LogP contribution in [0.5, 0.6) is 0 Å². The highest BCUT2D eigenvalue weighted by molar-refractivity contribution is 5.19. The monoisotopic (exact) mass is 253 g/mol. The summed E-state index contributed by atoms with van der Waals surface area (Å²) in [7, 11) is 0. The average Bonchev–Trinajstić information content (AvgIpc) is 2.59. The number of aromatic nitrogens is 1. The van der Waals surface area contributed by atoms with E-state index in [0.717, 1.165) is 0 Å². The van der Waals surface area contributed by atoms with Crippen molar-refractivity contribution >= 4 is 0 Å². The summed E-state index contributed by atoms with van der Waals surface area (Å²) in [5.74, 6) is 5.75. The van der Waals surface area contributed by atoms with Gasteiger partial charge in [0.2, 0.25) is 0 Å². The Labute approximate surface area is 107 Å². The molecule has 1 saturated heterocycles. The highest BCUT2D eigenvalue weighted by Gasteiger charge is 2.42. The van der Waals surface area contributed by atoms with Crippen LogP contribution in [0.15, 0.2) is 18.5 Å². The molecule has 18 heavy (non-hydrogen) atoms. The van der Waals surface area contributed by atoms with Crippen LogP contribution < -0.4 is 11.3 Å². The number of nitrogens with two attached hydrogens (primary N) is 1. The first-order valence-electron chi connectivity index (χ1n) is 6.27. The molecule has 1 aliphatic heterocycles. The van der Waals surface area contributed by atoms with Gasteiger partial charge in [-0.1, -0.05) is 6.92 Å². The van der Waals surface area contributed by atoms with Crippen molar-refractivity contribution in [1.82, 2.24) is 10.4 Å². The van der Waals surface area contributed by atoms with Crippen molar-refractivity contribution in [3.63, 3.8) is 0 Å². The molecular formula is C13H20FN3O. The number of nitrogens with one attached hydrogen (secondary N) is 1. The third-order valence-electron chi connectivity index (χ3n) is 4.02. The van der Waals surface area contributed by atoms with Crippen molar-refractivity contribution in [3.8, 4) is 0 Å². The fraction of sp³-hybridized carbons (Fsp3) is 0.615. The molecule has 100 valence electrons. The van der Waals surface area contributed by atoms with Crippen LogP contribution in [-0.2, 0) is 4.74 Å².